The number of hydrogen-bond acceptors (Lipinski definition) is 1. The van der Waals surface area contributed by atoms with Crippen LogP contribution in [0.1, 0.15) is 15.9 Å². The Labute approximate surface area is 72.8 Å². The lowest BCUT2D eigenvalue weighted by Gasteiger charge is -2.09. The van der Waals surface area contributed by atoms with Crippen LogP contribution in [0.15, 0.2) is 24.3 Å². The van der Waals surface area contributed by atoms with E-state index in [0.717, 1.165) is 11.1 Å². The summed E-state index contributed by atoms with van der Waals surface area (Å²) in [6, 6.07) is 7.59. The van der Waals surface area contributed by atoms with Crippen molar-refractivity contribution in [3.05, 3.63) is 35.4 Å². The minimum absolute atomic E-state index is 0.0544. The van der Waals surface area contributed by atoms with Gasteiger partial charge in [-0.1, -0.05) is 17.7 Å². The topological polar surface area (TPSA) is 20.3 Å². The summed E-state index contributed by atoms with van der Waals surface area (Å²) in [6.07, 6.45) is 0. The van der Waals surface area contributed by atoms with Crippen molar-refractivity contribution in [1.82, 2.24) is 4.90 Å². The van der Waals surface area contributed by atoms with Crippen LogP contribution in [0.5, 0.6) is 0 Å². The largest absolute Gasteiger partial charge is 0.345 e. The van der Waals surface area contributed by atoms with Gasteiger partial charge in [-0.3, -0.25) is 4.79 Å². The first-order valence-corrected chi connectivity index (χ1v) is 3.89. The second-order valence-electron chi connectivity index (χ2n) is 3.07. The van der Waals surface area contributed by atoms with E-state index in [0.29, 0.717) is 0 Å². The molecule has 0 saturated heterocycles. The van der Waals surface area contributed by atoms with E-state index in [1.807, 2.05) is 31.2 Å². The molecular weight excluding hydrogens is 150 g/mol. The van der Waals surface area contributed by atoms with Gasteiger partial charge in [-0.25, -0.2) is 0 Å². The molecule has 0 atom stereocenters. The van der Waals surface area contributed by atoms with Gasteiger partial charge < -0.3 is 4.90 Å². The van der Waals surface area contributed by atoms with E-state index in [2.05, 4.69) is 0 Å². The van der Waals surface area contributed by atoms with Crippen molar-refractivity contribution in [2.24, 2.45) is 0 Å². The molecule has 0 heterocycles. The molecule has 64 valence electrons. The highest BCUT2D eigenvalue weighted by Crippen LogP contribution is 2.05. The summed E-state index contributed by atoms with van der Waals surface area (Å²) in [5.41, 5.74) is 1.86. The first-order valence-electron chi connectivity index (χ1n) is 3.89. The molecule has 0 aliphatic carbocycles. The van der Waals surface area contributed by atoms with Gasteiger partial charge in [0.25, 0.3) is 5.91 Å². The summed E-state index contributed by atoms with van der Waals surface area (Å²) in [5.74, 6) is 0.0544. The number of aryl methyl sites for hydroxylation is 1. The summed E-state index contributed by atoms with van der Waals surface area (Å²) in [7, 11) is 3.51. The van der Waals surface area contributed by atoms with Gasteiger partial charge in [-0.2, -0.15) is 0 Å². The molecule has 0 aliphatic heterocycles. The van der Waals surface area contributed by atoms with E-state index in [4.69, 9.17) is 0 Å². The number of benzene rings is 1. The van der Waals surface area contributed by atoms with Gasteiger partial charge in [-0.15, -0.1) is 0 Å². The number of rotatable bonds is 1. The van der Waals surface area contributed by atoms with Crippen LogP contribution >= 0.6 is 0 Å². The number of carbonyl (C=O) groups excluding carboxylic acids is 1. The Balaban J connectivity index is 2.96. The van der Waals surface area contributed by atoms with Crippen molar-refractivity contribution in [3.8, 4) is 0 Å². The number of carbonyl (C=O) groups is 1. The smallest absolute Gasteiger partial charge is 0.253 e. The molecular formula is C10H13NO. The Morgan fingerprint density at radius 2 is 2.00 bits per heavy atom. The maximum atomic E-state index is 11.4. The Kier molecular flexibility index (Phi) is 2.48. The van der Waals surface area contributed by atoms with Crippen LogP contribution in [0.2, 0.25) is 0 Å². The minimum Gasteiger partial charge on any atom is -0.345 e. The molecule has 1 aromatic rings. The molecule has 2 heteroatoms. The highest BCUT2D eigenvalue weighted by atomic mass is 16.2. The zero-order chi connectivity index (χ0) is 9.14. The number of nitrogens with zero attached hydrogens (tertiary/aromatic N) is 1. The predicted octanol–water partition coefficient (Wildman–Crippen LogP) is 1.70. The van der Waals surface area contributed by atoms with Crippen molar-refractivity contribution in [2.45, 2.75) is 6.92 Å². The molecule has 0 unspecified atom stereocenters. The molecule has 2 nitrogen and oxygen atoms in total. The zero-order valence-electron chi connectivity index (χ0n) is 7.66. The second-order valence-corrected chi connectivity index (χ2v) is 3.07. The fourth-order valence-electron chi connectivity index (χ4n) is 1.04. The van der Waals surface area contributed by atoms with Crippen molar-refractivity contribution in [3.63, 3.8) is 0 Å². The van der Waals surface area contributed by atoms with Gasteiger partial charge >= 0.3 is 0 Å². The van der Waals surface area contributed by atoms with Crippen LogP contribution in [-0.4, -0.2) is 24.9 Å². The van der Waals surface area contributed by atoms with Gasteiger partial charge in [-0.05, 0) is 19.1 Å². The van der Waals surface area contributed by atoms with Gasteiger partial charge in [0.05, 0.1) is 0 Å². The van der Waals surface area contributed by atoms with Gasteiger partial charge in [0, 0.05) is 19.7 Å². The molecule has 1 aromatic carbocycles. The van der Waals surface area contributed by atoms with Crippen LogP contribution < -0.4 is 0 Å². The van der Waals surface area contributed by atoms with E-state index >= 15 is 0 Å². The molecule has 0 saturated carbocycles. The van der Waals surface area contributed by atoms with E-state index in [9.17, 15) is 4.79 Å². The molecule has 1 amide bonds. The van der Waals surface area contributed by atoms with Crippen molar-refractivity contribution < 1.29 is 4.79 Å². The molecule has 12 heavy (non-hydrogen) atoms. The lowest BCUT2D eigenvalue weighted by molar-refractivity contribution is 0.0827. The third kappa shape index (κ3) is 1.84. The normalized spacial score (nSPS) is 9.58. The van der Waals surface area contributed by atoms with Crippen LogP contribution in [-0.2, 0) is 0 Å². The number of amides is 1. The van der Waals surface area contributed by atoms with Gasteiger partial charge in [0.2, 0.25) is 0 Å². The summed E-state index contributed by atoms with van der Waals surface area (Å²) in [6.45, 7) is 1.98. The van der Waals surface area contributed by atoms with Gasteiger partial charge in [0.1, 0.15) is 0 Å². The highest BCUT2D eigenvalue weighted by Gasteiger charge is 2.06. The van der Waals surface area contributed by atoms with Crippen LogP contribution in [0.25, 0.3) is 0 Å². The first-order chi connectivity index (χ1) is 5.61. The maximum Gasteiger partial charge on any atom is 0.253 e. The van der Waals surface area contributed by atoms with E-state index in [-0.39, 0.29) is 5.91 Å². The minimum atomic E-state index is 0.0544. The van der Waals surface area contributed by atoms with E-state index in [1.165, 1.54) is 0 Å². The number of hydrogen-bond donors (Lipinski definition) is 0. The molecule has 1 rings (SSSR count). The Hall–Kier alpha value is -1.31. The van der Waals surface area contributed by atoms with Crippen molar-refractivity contribution in [1.29, 1.82) is 0 Å². The highest BCUT2D eigenvalue weighted by molar-refractivity contribution is 5.93. The average molecular weight is 163 g/mol. The molecule has 0 N–H and O–H groups in total. The van der Waals surface area contributed by atoms with E-state index < -0.39 is 0 Å². The molecule has 0 fully saturated rings. The van der Waals surface area contributed by atoms with Crippen LogP contribution in [0.4, 0.5) is 0 Å². The first kappa shape index (κ1) is 8.78. The maximum absolute atomic E-state index is 11.4. The lowest BCUT2D eigenvalue weighted by Crippen LogP contribution is -2.21. The van der Waals surface area contributed by atoms with E-state index in [1.54, 1.807) is 19.0 Å². The molecule has 0 spiro atoms. The Morgan fingerprint density at radius 3 is 2.50 bits per heavy atom. The lowest BCUT2D eigenvalue weighted by atomic mass is 10.1. The Morgan fingerprint density at radius 1 is 1.33 bits per heavy atom. The quantitative estimate of drug-likeness (QED) is 0.617. The fourth-order valence-corrected chi connectivity index (χ4v) is 1.04. The van der Waals surface area contributed by atoms with Gasteiger partial charge in [0.15, 0.2) is 0 Å². The summed E-state index contributed by atoms with van der Waals surface area (Å²) >= 11 is 0. The second kappa shape index (κ2) is 3.39. The summed E-state index contributed by atoms with van der Waals surface area (Å²) < 4.78 is 0. The standard InChI is InChI=1S/C10H13NO/c1-8-5-4-6-9(7-8)10(12)11(2)3/h4-7H,1-3H3. The summed E-state index contributed by atoms with van der Waals surface area (Å²) in [4.78, 5) is 13.0. The van der Waals surface area contributed by atoms with Crippen LogP contribution in [0.3, 0.4) is 0 Å². The Bertz CT molecular complexity index is 292. The predicted molar refractivity (Wildman–Crippen MR) is 49.2 cm³/mol. The average Bonchev–Trinajstić information content (AvgIpc) is 2.03. The molecule has 0 radical (unpaired) electrons. The molecule has 0 bridgehead atoms. The molecule has 0 aromatic heterocycles. The van der Waals surface area contributed by atoms with Crippen molar-refractivity contribution >= 4 is 5.91 Å². The third-order valence-corrected chi connectivity index (χ3v) is 1.67. The zero-order valence-corrected chi connectivity index (χ0v) is 7.66. The van der Waals surface area contributed by atoms with Crippen molar-refractivity contribution in [2.75, 3.05) is 14.1 Å². The monoisotopic (exact) mass is 163 g/mol. The summed E-state index contributed by atoms with van der Waals surface area (Å²) in [5, 5.41) is 0. The fraction of sp³-hybridized carbons (Fsp3) is 0.300. The molecule has 0 aliphatic rings. The SMILES string of the molecule is Cc1cccc(C(=O)N(C)C)c1. The third-order valence-electron chi connectivity index (χ3n) is 1.67. The van der Waals surface area contributed by atoms with Crippen LogP contribution in [0, 0.1) is 6.92 Å².